The molecule has 0 aliphatic rings. The van der Waals surface area contributed by atoms with Crippen molar-refractivity contribution in [2.75, 3.05) is 0 Å². The van der Waals surface area contributed by atoms with E-state index in [0.29, 0.717) is 0 Å². The minimum atomic E-state index is -4.40. The SMILES string of the molecule is [Cl][Sn-]([Cl])([Cl])([Cl])[Cl].c1ccc(-c2cccc(-c3ccccc3)[o+]2)cc1. The van der Waals surface area contributed by atoms with Crippen LogP contribution in [0.4, 0.5) is 0 Å². The maximum absolute atomic E-state index is 5.95. The minimum Gasteiger partial charge on any atom is -0.207 e. The molecule has 0 aliphatic carbocycles. The standard InChI is InChI=1S/C17H13O.5ClH.Sn/c1-3-8-14(9-4-1)16-12-7-13-17(18-16)15-10-5-2-6-11-15;;;;;;/h1-13H;5*1H;/q+1;;;;;;+4/p-5. The van der Waals surface area contributed by atoms with Crippen molar-refractivity contribution in [3.63, 3.8) is 0 Å². The Morgan fingerprint density at radius 2 is 0.833 bits per heavy atom. The summed E-state index contributed by atoms with van der Waals surface area (Å²) in [7, 11) is 25.3. The summed E-state index contributed by atoms with van der Waals surface area (Å²) in [6.45, 7) is 0. The zero-order valence-electron chi connectivity index (χ0n) is 12.3. The summed E-state index contributed by atoms with van der Waals surface area (Å²) in [5.41, 5.74) is 2.19. The molecule has 0 unspecified atom stereocenters. The molecule has 0 spiro atoms. The second kappa shape index (κ2) is 8.48. The topological polar surface area (TPSA) is 11.3 Å². The van der Waals surface area contributed by atoms with Crippen LogP contribution in [0, 0.1) is 0 Å². The smallest absolute Gasteiger partial charge is 0.207 e. The van der Waals surface area contributed by atoms with Crippen molar-refractivity contribution in [1.29, 1.82) is 0 Å². The Balaban J connectivity index is 0.000000301. The van der Waals surface area contributed by atoms with Crippen molar-refractivity contribution in [2.45, 2.75) is 0 Å². The molecule has 0 fully saturated rings. The summed E-state index contributed by atoms with van der Waals surface area (Å²) >= 11 is -4.40. The molecule has 24 heavy (non-hydrogen) atoms. The van der Waals surface area contributed by atoms with Gasteiger partial charge in [-0.25, -0.2) is 4.42 Å². The third-order valence-electron chi connectivity index (χ3n) is 2.83. The average Bonchev–Trinajstić information content (AvgIpc) is 2.54. The van der Waals surface area contributed by atoms with Crippen LogP contribution in [0.15, 0.2) is 83.3 Å². The predicted molar refractivity (Wildman–Crippen MR) is 109 cm³/mol. The van der Waals surface area contributed by atoms with Crippen molar-refractivity contribution >= 4 is 56.0 Å². The van der Waals surface area contributed by atoms with Crippen molar-refractivity contribution < 1.29 is 4.42 Å². The van der Waals surface area contributed by atoms with Crippen LogP contribution >= 0.6 is 44.6 Å². The van der Waals surface area contributed by atoms with E-state index in [1.807, 2.05) is 78.9 Å². The second-order valence-corrected chi connectivity index (χ2v) is 47.2. The molecule has 0 N–H and O–H groups in total. The van der Waals surface area contributed by atoms with Crippen LogP contribution in [0.1, 0.15) is 0 Å². The van der Waals surface area contributed by atoms with Crippen LogP contribution in [-0.4, -0.2) is 11.4 Å². The largest absolute Gasteiger partial charge is 0.360 e. The first-order valence-electron chi connectivity index (χ1n) is 6.92. The third-order valence-corrected chi connectivity index (χ3v) is 2.83. The summed E-state index contributed by atoms with van der Waals surface area (Å²) in [4.78, 5) is 0. The fourth-order valence-corrected chi connectivity index (χ4v) is 1.92. The van der Waals surface area contributed by atoms with Gasteiger partial charge in [0.05, 0.1) is 11.1 Å². The van der Waals surface area contributed by atoms with Crippen LogP contribution in [0.3, 0.4) is 0 Å². The van der Waals surface area contributed by atoms with Gasteiger partial charge in [0.15, 0.2) is 0 Å². The molecule has 2 aromatic carbocycles. The van der Waals surface area contributed by atoms with Crippen LogP contribution in [-0.2, 0) is 0 Å². The molecule has 1 nitrogen and oxygen atoms in total. The van der Waals surface area contributed by atoms with E-state index in [1.54, 1.807) is 0 Å². The normalized spacial score (nSPS) is 12.5. The Labute approximate surface area is 160 Å². The van der Waals surface area contributed by atoms with E-state index in [-0.39, 0.29) is 0 Å². The van der Waals surface area contributed by atoms with E-state index < -0.39 is 11.4 Å². The maximum atomic E-state index is 5.95. The first-order chi connectivity index (χ1) is 11.2. The molecule has 0 atom stereocenters. The second-order valence-electron chi connectivity index (χ2n) is 4.80. The molecule has 7 heteroatoms. The van der Waals surface area contributed by atoms with Crippen molar-refractivity contribution in [1.82, 2.24) is 0 Å². The average molecular weight is 529 g/mol. The van der Waals surface area contributed by atoms with Gasteiger partial charge in [0.25, 0.3) is 0 Å². The van der Waals surface area contributed by atoms with Gasteiger partial charge < -0.3 is 0 Å². The Bertz CT molecular complexity index is 714. The van der Waals surface area contributed by atoms with Gasteiger partial charge in [-0.2, -0.15) is 0 Å². The summed E-state index contributed by atoms with van der Waals surface area (Å²) in [5, 5.41) is 0. The minimum absolute atomic E-state index is 0.886. The monoisotopic (exact) mass is 528 g/mol. The third kappa shape index (κ3) is 8.28. The Hall–Kier alpha value is -0.161. The fourth-order valence-electron chi connectivity index (χ4n) is 1.92. The fraction of sp³-hybridized carbons (Fsp3) is 0. The molecule has 126 valence electrons. The Kier molecular flexibility index (Phi) is 7.12. The van der Waals surface area contributed by atoms with E-state index in [9.17, 15) is 0 Å². The van der Waals surface area contributed by atoms with E-state index in [0.717, 1.165) is 22.6 Å². The number of hydrogen-bond donors (Lipinski definition) is 0. The van der Waals surface area contributed by atoms with Crippen LogP contribution in [0.5, 0.6) is 0 Å². The molecular formula is C17H13Cl5OSn. The summed E-state index contributed by atoms with van der Waals surface area (Å²) in [6.07, 6.45) is 0. The quantitative estimate of drug-likeness (QED) is 0.242. The number of benzene rings is 2. The van der Waals surface area contributed by atoms with Crippen molar-refractivity contribution in [2.24, 2.45) is 0 Å². The molecular weight excluding hydrogens is 516 g/mol. The molecule has 3 rings (SSSR count). The zero-order valence-corrected chi connectivity index (χ0v) is 18.9. The molecule has 0 bridgehead atoms. The van der Waals surface area contributed by atoms with Crippen molar-refractivity contribution in [3.8, 4) is 22.6 Å². The van der Waals surface area contributed by atoms with Crippen LogP contribution in [0.25, 0.3) is 22.6 Å². The molecule has 0 radical (unpaired) electrons. The maximum Gasteiger partial charge on any atom is 0.360 e. The number of hydrogen-bond acceptors (Lipinski definition) is 0. The Morgan fingerprint density at radius 3 is 1.17 bits per heavy atom. The Morgan fingerprint density at radius 1 is 0.500 bits per heavy atom. The van der Waals surface area contributed by atoms with Gasteiger partial charge in [0.1, 0.15) is 0 Å². The molecule has 0 saturated heterocycles. The van der Waals surface area contributed by atoms with Gasteiger partial charge in [-0.15, -0.1) is 0 Å². The van der Waals surface area contributed by atoms with Gasteiger partial charge in [-0.05, 0) is 30.3 Å². The van der Waals surface area contributed by atoms with E-state index in [1.165, 1.54) is 0 Å². The van der Waals surface area contributed by atoms with Crippen LogP contribution in [0.2, 0.25) is 0 Å². The number of rotatable bonds is 2. The molecule has 0 amide bonds. The summed E-state index contributed by atoms with van der Waals surface area (Å²) in [6, 6.07) is 26.3. The number of halogens is 5. The van der Waals surface area contributed by atoms with Gasteiger partial charge in [0.2, 0.25) is 0 Å². The predicted octanol–water partition coefficient (Wildman–Crippen LogP) is 7.96. The first-order valence-corrected chi connectivity index (χ1v) is 25.0. The summed E-state index contributed by atoms with van der Waals surface area (Å²) in [5.74, 6) is 1.77. The van der Waals surface area contributed by atoms with Gasteiger partial charge in [-0.1, -0.05) is 36.4 Å². The first kappa shape index (κ1) is 20.2. The van der Waals surface area contributed by atoms with Gasteiger partial charge in [-0.3, -0.25) is 0 Å². The molecule has 1 heterocycles. The molecule has 0 aliphatic heterocycles. The van der Waals surface area contributed by atoms with E-state index in [2.05, 4.69) is 0 Å². The summed E-state index contributed by atoms with van der Waals surface area (Å²) < 4.78 is 5.95. The van der Waals surface area contributed by atoms with E-state index >= 15 is 0 Å². The van der Waals surface area contributed by atoms with Gasteiger partial charge >= 0.3 is 67.5 Å². The molecule has 0 saturated carbocycles. The molecule has 1 aromatic heterocycles. The van der Waals surface area contributed by atoms with Gasteiger partial charge in [0, 0.05) is 12.1 Å². The van der Waals surface area contributed by atoms with Crippen molar-refractivity contribution in [3.05, 3.63) is 78.9 Å². The van der Waals surface area contributed by atoms with Crippen LogP contribution < -0.4 is 0 Å². The molecule has 3 aromatic rings. The zero-order chi connectivity index (χ0) is 17.7. The van der Waals surface area contributed by atoms with E-state index in [4.69, 9.17) is 49.0 Å².